The molecule has 2 aliphatic rings. The number of aromatic nitrogens is 1. The van der Waals surface area contributed by atoms with E-state index in [1.165, 1.54) is 0 Å². The van der Waals surface area contributed by atoms with E-state index < -0.39 is 0 Å². The zero-order chi connectivity index (χ0) is 8.84. The summed E-state index contributed by atoms with van der Waals surface area (Å²) in [6, 6.07) is 1.87. The van der Waals surface area contributed by atoms with E-state index in [1.54, 1.807) is 13.3 Å². The minimum atomic E-state index is 0.0510. The number of rotatable bonds is 1. The number of nitrogens with zero attached hydrogens (tertiary/aromatic N) is 1. The highest BCUT2D eigenvalue weighted by Crippen LogP contribution is 2.48. The zero-order valence-corrected chi connectivity index (χ0v) is 7.23. The Morgan fingerprint density at radius 1 is 1.38 bits per heavy atom. The molecule has 0 aliphatic carbocycles. The van der Waals surface area contributed by atoms with Crippen LogP contribution in [0.25, 0.3) is 0 Å². The van der Waals surface area contributed by atoms with Crippen LogP contribution in [0.2, 0.25) is 0 Å². The molecule has 0 saturated heterocycles. The minimum Gasteiger partial charge on any atom is -0.496 e. The Kier molecular flexibility index (Phi) is 1.27. The van der Waals surface area contributed by atoms with Gasteiger partial charge in [0.1, 0.15) is 18.0 Å². The van der Waals surface area contributed by atoms with Crippen molar-refractivity contribution >= 4 is 0 Å². The largest absolute Gasteiger partial charge is 0.496 e. The van der Waals surface area contributed by atoms with Crippen LogP contribution < -0.4 is 4.74 Å². The van der Waals surface area contributed by atoms with Crippen molar-refractivity contribution in [3.63, 3.8) is 0 Å². The van der Waals surface area contributed by atoms with Gasteiger partial charge in [0.15, 0.2) is 0 Å². The van der Waals surface area contributed by atoms with Gasteiger partial charge in [-0.15, -0.1) is 0 Å². The average Bonchev–Trinajstić information content (AvgIpc) is 2.77. The van der Waals surface area contributed by atoms with Gasteiger partial charge in [-0.05, 0) is 6.07 Å². The first-order valence-electron chi connectivity index (χ1n) is 4.26. The van der Waals surface area contributed by atoms with Crippen LogP contribution in [0.5, 0.6) is 5.75 Å². The number of pyridine rings is 1. The Morgan fingerprint density at radius 2 is 2.23 bits per heavy atom. The summed E-state index contributed by atoms with van der Waals surface area (Å²) in [7, 11) is 1.67. The molecule has 3 heterocycles. The third kappa shape index (κ3) is 0.795. The number of hydrogen-bond acceptors (Lipinski definition) is 3. The summed E-state index contributed by atoms with van der Waals surface area (Å²) in [5.41, 5.74) is 2.10. The Labute approximate surface area is 76.0 Å². The molecule has 0 saturated carbocycles. The molecule has 0 radical (unpaired) electrons. The summed E-state index contributed by atoms with van der Waals surface area (Å²) in [6.45, 7) is 0. The summed E-state index contributed by atoms with van der Waals surface area (Å²) in [5, 5.41) is 0. The first kappa shape index (κ1) is 7.09. The maximum atomic E-state index is 5.63. The van der Waals surface area contributed by atoms with Crippen LogP contribution in [-0.2, 0) is 4.74 Å². The van der Waals surface area contributed by atoms with Crippen molar-refractivity contribution in [1.82, 2.24) is 4.98 Å². The molecule has 2 bridgehead atoms. The van der Waals surface area contributed by atoms with Gasteiger partial charge in [-0.3, -0.25) is 4.98 Å². The summed E-state index contributed by atoms with van der Waals surface area (Å²) >= 11 is 0. The lowest BCUT2D eigenvalue weighted by Crippen LogP contribution is -1.99. The Balaban J connectivity index is 2.23. The highest BCUT2D eigenvalue weighted by molar-refractivity contribution is 5.47. The predicted molar refractivity (Wildman–Crippen MR) is 46.5 cm³/mol. The molecule has 0 fully saturated rings. The topological polar surface area (TPSA) is 31.4 Å². The number of hydrogen-bond donors (Lipinski definition) is 0. The van der Waals surface area contributed by atoms with Crippen LogP contribution in [-0.4, -0.2) is 12.1 Å². The molecule has 1 aromatic heterocycles. The van der Waals surface area contributed by atoms with Gasteiger partial charge in [0.2, 0.25) is 0 Å². The Morgan fingerprint density at radius 3 is 3.08 bits per heavy atom. The highest BCUT2D eigenvalue weighted by Gasteiger charge is 2.37. The van der Waals surface area contributed by atoms with Crippen molar-refractivity contribution in [1.29, 1.82) is 0 Å². The van der Waals surface area contributed by atoms with E-state index in [2.05, 4.69) is 11.1 Å². The van der Waals surface area contributed by atoms with Crippen molar-refractivity contribution in [2.45, 2.75) is 12.2 Å². The highest BCUT2D eigenvalue weighted by atomic mass is 16.5. The van der Waals surface area contributed by atoms with Crippen LogP contribution in [0.3, 0.4) is 0 Å². The van der Waals surface area contributed by atoms with Gasteiger partial charge in [0, 0.05) is 6.20 Å². The molecule has 0 amide bonds. The molecule has 3 rings (SSSR count). The normalized spacial score (nSPS) is 27.8. The molecule has 66 valence electrons. The van der Waals surface area contributed by atoms with E-state index in [4.69, 9.17) is 9.47 Å². The van der Waals surface area contributed by atoms with Crippen LogP contribution in [0.1, 0.15) is 23.5 Å². The van der Waals surface area contributed by atoms with Gasteiger partial charge in [0.05, 0.1) is 18.4 Å². The summed E-state index contributed by atoms with van der Waals surface area (Å²) in [4.78, 5) is 4.29. The summed E-state index contributed by atoms with van der Waals surface area (Å²) < 4.78 is 10.9. The third-order valence-electron chi connectivity index (χ3n) is 2.51. The number of fused-ring (bicyclic) bond motifs is 5. The smallest absolute Gasteiger partial charge is 0.128 e. The lowest BCUT2D eigenvalue weighted by atomic mass is 10.0. The molecular formula is C10H9NO2. The maximum absolute atomic E-state index is 5.63. The van der Waals surface area contributed by atoms with Crippen molar-refractivity contribution in [2.75, 3.05) is 7.11 Å². The van der Waals surface area contributed by atoms with Crippen LogP contribution in [0.15, 0.2) is 24.4 Å². The fourth-order valence-corrected chi connectivity index (χ4v) is 1.93. The number of methoxy groups -OCH3 is 1. The molecule has 0 N–H and O–H groups in total. The summed E-state index contributed by atoms with van der Waals surface area (Å²) in [5.74, 6) is 0.877. The lowest BCUT2D eigenvalue weighted by molar-refractivity contribution is 0.0857. The molecule has 3 nitrogen and oxygen atoms in total. The van der Waals surface area contributed by atoms with Gasteiger partial charge >= 0.3 is 0 Å². The fourth-order valence-electron chi connectivity index (χ4n) is 1.93. The zero-order valence-electron chi connectivity index (χ0n) is 7.23. The minimum absolute atomic E-state index is 0.0510. The van der Waals surface area contributed by atoms with E-state index in [-0.39, 0.29) is 12.2 Å². The van der Waals surface area contributed by atoms with Gasteiger partial charge in [-0.2, -0.15) is 0 Å². The van der Waals surface area contributed by atoms with Crippen molar-refractivity contribution in [3.05, 3.63) is 35.7 Å². The Bertz CT molecular complexity index is 387. The third-order valence-corrected chi connectivity index (χ3v) is 2.51. The van der Waals surface area contributed by atoms with E-state index in [1.807, 2.05) is 12.1 Å². The van der Waals surface area contributed by atoms with Crippen LogP contribution in [0.4, 0.5) is 0 Å². The van der Waals surface area contributed by atoms with Crippen molar-refractivity contribution in [2.24, 2.45) is 0 Å². The van der Waals surface area contributed by atoms with E-state index >= 15 is 0 Å². The van der Waals surface area contributed by atoms with E-state index in [0.29, 0.717) is 0 Å². The SMILES string of the molecule is COc1ccnc2c1C1C=CC2O1. The van der Waals surface area contributed by atoms with Crippen LogP contribution >= 0.6 is 0 Å². The molecule has 1 aromatic rings. The van der Waals surface area contributed by atoms with E-state index in [9.17, 15) is 0 Å². The molecule has 3 heteroatoms. The molecule has 0 spiro atoms. The first-order chi connectivity index (χ1) is 6.40. The second kappa shape index (κ2) is 2.33. The molecule has 2 atom stereocenters. The lowest BCUT2D eigenvalue weighted by Gasteiger charge is -2.10. The second-order valence-corrected chi connectivity index (χ2v) is 3.17. The number of ether oxygens (including phenoxy) is 2. The van der Waals surface area contributed by atoms with Gasteiger partial charge < -0.3 is 9.47 Å². The standard InChI is InChI=1S/C10H9NO2/c1-12-6-4-5-11-10-8-3-2-7(13-8)9(6)10/h2-5,7-8H,1H3. The molecule has 0 aromatic carbocycles. The molecule has 13 heavy (non-hydrogen) atoms. The Hall–Kier alpha value is -1.35. The molecule has 2 unspecified atom stereocenters. The average molecular weight is 175 g/mol. The second-order valence-electron chi connectivity index (χ2n) is 3.17. The van der Waals surface area contributed by atoms with Gasteiger partial charge in [-0.25, -0.2) is 0 Å². The fraction of sp³-hybridized carbons (Fsp3) is 0.300. The predicted octanol–water partition coefficient (Wildman–Crippen LogP) is 1.77. The quantitative estimate of drug-likeness (QED) is 0.609. The van der Waals surface area contributed by atoms with Crippen LogP contribution in [0, 0.1) is 0 Å². The van der Waals surface area contributed by atoms with E-state index in [0.717, 1.165) is 17.0 Å². The van der Waals surface area contributed by atoms with Gasteiger partial charge in [-0.1, -0.05) is 12.2 Å². The first-order valence-corrected chi connectivity index (χ1v) is 4.26. The molecular weight excluding hydrogens is 166 g/mol. The molecule has 2 aliphatic heterocycles. The van der Waals surface area contributed by atoms with Crippen molar-refractivity contribution < 1.29 is 9.47 Å². The van der Waals surface area contributed by atoms with Gasteiger partial charge in [0.25, 0.3) is 0 Å². The monoisotopic (exact) mass is 175 g/mol. The maximum Gasteiger partial charge on any atom is 0.128 e. The summed E-state index contributed by atoms with van der Waals surface area (Å²) in [6.07, 6.45) is 5.96. The van der Waals surface area contributed by atoms with Crippen molar-refractivity contribution in [3.8, 4) is 5.75 Å².